The zero-order valence-electron chi connectivity index (χ0n) is 21.6. The second-order valence-corrected chi connectivity index (χ2v) is 9.26. The zero-order chi connectivity index (χ0) is 26.6. The molecule has 1 N–H and O–H groups in total. The summed E-state index contributed by atoms with van der Waals surface area (Å²) < 4.78 is 12.0. The number of rotatable bonds is 7. The van der Waals surface area contributed by atoms with Gasteiger partial charge in [-0.3, -0.25) is 10.1 Å². The van der Waals surface area contributed by atoms with E-state index in [1.807, 2.05) is 99.6 Å². The molecule has 1 heterocycles. The SMILES string of the molecule is COC(=O)C(C)(C)c1ccc(-c2ccc(-n3nnc(C)c3NC(=O)OC(C)c3ccccc3)cc2)cc1. The predicted octanol–water partition coefficient (Wildman–Crippen LogP) is 6.00. The number of ether oxygens (including phenoxy) is 2. The van der Waals surface area contributed by atoms with E-state index < -0.39 is 17.6 Å². The molecular formula is C29H30N4O4. The molecule has 1 amide bonds. The number of amides is 1. The van der Waals surface area contributed by atoms with E-state index in [9.17, 15) is 9.59 Å². The Kier molecular flexibility index (Phi) is 7.38. The van der Waals surface area contributed by atoms with Crippen molar-refractivity contribution in [3.05, 3.63) is 95.7 Å². The Hall–Kier alpha value is -4.46. The van der Waals surface area contributed by atoms with E-state index in [0.29, 0.717) is 11.5 Å². The summed E-state index contributed by atoms with van der Waals surface area (Å²) >= 11 is 0. The molecule has 0 fully saturated rings. The van der Waals surface area contributed by atoms with E-state index in [-0.39, 0.29) is 5.97 Å². The molecule has 4 aromatic rings. The summed E-state index contributed by atoms with van der Waals surface area (Å²) in [4.78, 5) is 24.7. The van der Waals surface area contributed by atoms with E-state index in [4.69, 9.17) is 9.47 Å². The summed E-state index contributed by atoms with van der Waals surface area (Å²) in [5.41, 5.74) is 4.35. The van der Waals surface area contributed by atoms with Crippen molar-refractivity contribution in [2.24, 2.45) is 0 Å². The van der Waals surface area contributed by atoms with Crippen LogP contribution in [0.5, 0.6) is 0 Å². The molecule has 1 unspecified atom stereocenters. The van der Waals surface area contributed by atoms with Crippen LogP contribution in [0.25, 0.3) is 16.8 Å². The maximum Gasteiger partial charge on any atom is 0.413 e. The van der Waals surface area contributed by atoms with Crippen molar-refractivity contribution in [3.8, 4) is 16.8 Å². The molecule has 0 radical (unpaired) electrons. The van der Waals surface area contributed by atoms with Crippen LogP contribution in [0.4, 0.5) is 10.6 Å². The van der Waals surface area contributed by atoms with Gasteiger partial charge in [-0.1, -0.05) is 71.9 Å². The molecule has 4 rings (SSSR count). The number of methoxy groups -OCH3 is 1. The number of nitrogens with zero attached hydrogens (tertiary/aromatic N) is 3. The minimum atomic E-state index is -0.731. The molecule has 1 aromatic heterocycles. The number of carbonyl (C=O) groups is 2. The first kappa shape index (κ1) is 25.6. The number of hydrogen-bond donors (Lipinski definition) is 1. The number of esters is 1. The fourth-order valence-electron chi connectivity index (χ4n) is 4.01. The van der Waals surface area contributed by atoms with E-state index in [2.05, 4.69) is 15.6 Å². The zero-order valence-corrected chi connectivity index (χ0v) is 21.6. The van der Waals surface area contributed by atoms with Crippen LogP contribution < -0.4 is 5.32 Å². The van der Waals surface area contributed by atoms with Crippen LogP contribution in [-0.4, -0.2) is 34.2 Å². The average Bonchev–Trinajstić information content (AvgIpc) is 3.28. The van der Waals surface area contributed by atoms with Gasteiger partial charge in [-0.2, -0.15) is 4.68 Å². The molecule has 3 aromatic carbocycles. The Morgan fingerprint density at radius 3 is 2.11 bits per heavy atom. The van der Waals surface area contributed by atoms with Crippen molar-refractivity contribution in [2.75, 3.05) is 12.4 Å². The molecule has 1 atom stereocenters. The monoisotopic (exact) mass is 498 g/mol. The number of anilines is 1. The fraction of sp³-hybridized carbons (Fsp3) is 0.241. The van der Waals surface area contributed by atoms with Gasteiger partial charge in [0.15, 0.2) is 5.82 Å². The number of carbonyl (C=O) groups excluding carboxylic acids is 2. The third-order valence-electron chi connectivity index (χ3n) is 6.36. The van der Waals surface area contributed by atoms with Crippen LogP contribution in [-0.2, 0) is 19.7 Å². The lowest BCUT2D eigenvalue weighted by molar-refractivity contribution is -0.146. The van der Waals surface area contributed by atoms with Gasteiger partial charge >= 0.3 is 12.1 Å². The highest BCUT2D eigenvalue weighted by Gasteiger charge is 2.30. The third-order valence-corrected chi connectivity index (χ3v) is 6.36. The highest BCUT2D eigenvalue weighted by Crippen LogP contribution is 2.29. The number of aryl methyl sites for hydroxylation is 1. The lowest BCUT2D eigenvalue weighted by Crippen LogP contribution is -2.30. The van der Waals surface area contributed by atoms with E-state index in [1.165, 1.54) is 7.11 Å². The first-order chi connectivity index (χ1) is 17.7. The first-order valence-corrected chi connectivity index (χ1v) is 12.0. The van der Waals surface area contributed by atoms with Crippen LogP contribution in [0.15, 0.2) is 78.9 Å². The quantitative estimate of drug-likeness (QED) is 0.314. The van der Waals surface area contributed by atoms with Crippen LogP contribution in [0.2, 0.25) is 0 Å². The van der Waals surface area contributed by atoms with Gasteiger partial charge in [0.1, 0.15) is 11.8 Å². The van der Waals surface area contributed by atoms with Gasteiger partial charge in [0.05, 0.1) is 18.2 Å². The predicted molar refractivity (Wildman–Crippen MR) is 142 cm³/mol. The third kappa shape index (κ3) is 5.53. The summed E-state index contributed by atoms with van der Waals surface area (Å²) in [6.07, 6.45) is -0.996. The molecule has 0 spiro atoms. The van der Waals surface area contributed by atoms with Crippen molar-refractivity contribution in [1.29, 1.82) is 0 Å². The summed E-state index contributed by atoms with van der Waals surface area (Å²) in [6.45, 7) is 7.27. The van der Waals surface area contributed by atoms with Crippen LogP contribution in [0.1, 0.15) is 43.7 Å². The van der Waals surface area contributed by atoms with E-state index in [0.717, 1.165) is 27.9 Å². The van der Waals surface area contributed by atoms with Crippen LogP contribution in [0.3, 0.4) is 0 Å². The normalized spacial score (nSPS) is 12.0. The van der Waals surface area contributed by atoms with Crippen LogP contribution >= 0.6 is 0 Å². The molecular weight excluding hydrogens is 468 g/mol. The molecule has 8 nitrogen and oxygen atoms in total. The molecule has 37 heavy (non-hydrogen) atoms. The Morgan fingerprint density at radius 2 is 1.51 bits per heavy atom. The minimum absolute atomic E-state index is 0.282. The fourth-order valence-corrected chi connectivity index (χ4v) is 4.01. The lowest BCUT2D eigenvalue weighted by Gasteiger charge is -2.22. The summed E-state index contributed by atoms with van der Waals surface area (Å²) in [6, 6.07) is 25.1. The molecule has 0 aliphatic rings. The summed E-state index contributed by atoms with van der Waals surface area (Å²) in [7, 11) is 1.39. The molecule has 0 aliphatic carbocycles. The highest BCUT2D eigenvalue weighted by molar-refractivity contribution is 5.85. The maximum atomic E-state index is 12.6. The standard InChI is InChI=1S/C29H30N4O4/c1-19-26(30-28(35)37-20(2)21-9-7-6-8-10-21)33(32-31-19)25-17-13-23(14-18-25)22-11-15-24(16-12-22)29(3,4)27(34)36-5/h6-18,20H,1-5H3,(H,30,35). The maximum absolute atomic E-state index is 12.6. The molecule has 0 saturated heterocycles. The van der Waals surface area contributed by atoms with Crippen molar-refractivity contribution in [1.82, 2.24) is 15.0 Å². The lowest BCUT2D eigenvalue weighted by atomic mass is 9.84. The van der Waals surface area contributed by atoms with E-state index >= 15 is 0 Å². The summed E-state index contributed by atoms with van der Waals surface area (Å²) in [5, 5.41) is 11.1. The van der Waals surface area contributed by atoms with Gasteiger partial charge in [0, 0.05) is 0 Å². The molecule has 0 aliphatic heterocycles. The second kappa shape index (κ2) is 10.7. The minimum Gasteiger partial charge on any atom is -0.468 e. The Morgan fingerprint density at radius 1 is 0.919 bits per heavy atom. The van der Waals surface area contributed by atoms with Crippen molar-refractivity contribution in [2.45, 2.75) is 39.2 Å². The average molecular weight is 499 g/mol. The summed E-state index contributed by atoms with van der Waals surface area (Å²) in [5.74, 6) is 0.156. The van der Waals surface area contributed by atoms with Gasteiger partial charge < -0.3 is 9.47 Å². The van der Waals surface area contributed by atoms with E-state index in [1.54, 1.807) is 11.6 Å². The molecule has 0 saturated carbocycles. The number of nitrogens with one attached hydrogen (secondary N) is 1. The Labute approximate surface area is 216 Å². The van der Waals surface area contributed by atoms with Gasteiger partial charge in [-0.25, -0.2) is 4.79 Å². The highest BCUT2D eigenvalue weighted by atomic mass is 16.6. The first-order valence-electron chi connectivity index (χ1n) is 12.0. The van der Waals surface area contributed by atoms with Gasteiger partial charge in [-0.05, 0) is 62.1 Å². The van der Waals surface area contributed by atoms with Crippen molar-refractivity contribution in [3.63, 3.8) is 0 Å². The Balaban J connectivity index is 1.49. The Bertz CT molecular complexity index is 1380. The largest absolute Gasteiger partial charge is 0.468 e. The molecule has 8 heteroatoms. The number of hydrogen-bond acceptors (Lipinski definition) is 6. The van der Waals surface area contributed by atoms with Gasteiger partial charge in [-0.15, -0.1) is 5.10 Å². The molecule has 190 valence electrons. The smallest absolute Gasteiger partial charge is 0.413 e. The molecule has 0 bridgehead atoms. The van der Waals surface area contributed by atoms with Gasteiger partial charge in [0.2, 0.25) is 0 Å². The number of benzene rings is 3. The number of aromatic nitrogens is 3. The van der Waals surface area contributed by atoms with Crippen molar-refractivity contribution < 1.29 is 19.1 Å². The topological polar surface area (TPSA) is 95.3 Å². The van der Waals surface area contributed by atoms with Crippen molar-refractivity contribution >= 4 is 17.9 Å². The van der Waals surface area contributed by atoms with Gasteiger partial charge in [0.25, 0.3) is 0 Å². The van der Waals surface area contributed by atoms with Crippen LogP contribution in [0, 0.1) is 6.92 Å². The second-order valence-electron chi connectivity index (χ2n) is 9.26.